The molecule has 0 amide bonds. The minimum atomic E-state index is 0.0424. The molecular formula is C14H19N3O2. The van der Waals surface area contributed by atoms with E-state index in [2.05, 4.69) is 10.4 Å². The molecule has 5 heteroatoms. The van der Waals surface area contributed by atoms with Crippen molar-refractivity contribution in [1.82, 2.24) is 15.1 Å². The lowest BCUT2D eigenvalue weighted by molar-refractivity contribution is 0.403. The Kier molecular flexibility index (Phi) is 4.06. The van der Waals surface area contributed by atoms with Crippen LogP contribution in [0.4, 0.5) is 0 Å². The van der Waals surface area contributed by atoms with E-state index in [0.29, 0.717) is 12.3 Å². The Hall–Kier alpha value is -2.01. The Morgan fingerprint density at radius 1 is 1.42 bits per heavy atom. The van der Waals surface area contributed by atoms with E-state index < -0.39 is 0 Å². The van der Waals surface area contributed by atoms with Crippen LogP contribution in [0.2, 0.25) is 0 Å². The normalized spacial score (nSPS) is 12.4. The van der Waals surface area contributed by atoms with Crippen molar-refractivity contribution < 1.29 is 9.84 Å². The maximum absolute atomic E-state index is 9.97. The summed E-state index contributed by atoms with van der Waals surface area (Å²) in [5, 5.41) is 17.4. The van der Waals surface area contributed by atoms with Crippen molar-refractivity contribution in [3.8, 4) is 11.5 Å². The van der Waals surface area contributed by atoms with Gasteiger partial charge in [0.05, 0.1) is 12.8 Å². The van der Waals surface area contributed by atoms with Crippen LogP contribution in [0.15, 0.2) is 30.5 Å². The third-order valence-corrected chi connectivity index (χ3v) is 3.22. The van der Waals surface area contributed by atoms with Gasteiger partial charge in [0.2, 0.25) is 0 Å². The van der Waals surface area contributed by atoms with Gasteiger partial charge in [-0.25, -0.2) is 0 Å². The van der Waals surface area contributed by atoms with Crippen molar-refractivity contribution in [2.45, 2.75) is 19.5 Å². The number of aromatic hydroxyl groups is 1. The summed E-state index contributed by atoms with van der Waals surface area (Å²) < 4.78 is 6.90. The zero-order chi connectivity index (χ0) is 13.8. The van der Waals surface area contributed by atoms with E-state index in [4.69, 9.17) is 4.74 Å². The van der Waals surface area contributed by atoms with Crippen LogP contribution in [0.3, 0.4) is 0 Å². The van der Waals surface area contributed by atoms with Gasteiger partial charge in [0.1, 0.15) is 11.5 Å². The molecule has 0 saturated heterocycles. The van der Waals surface area contributed by atoms with Gasteiger partial charge in [-0.1, -0.05) is 6.07 Å². The summed E-state index contributed by atoms with van der Waals surface area (Å²) >= 11 is 0. The molecule has 19 heavy (non-hydrogen) atoms. The number of methoxy groups -OCH3 is 1. The van der Waals surface area contributed by atoms with Crippen LogP contribution in [0, 0.1) is 0 Å². The number of hydrogen-bond donors (Lipinski definition) is 2. The van der Waals surface area contributed by atoms with Crippen LogP contribution in [-0.4, -0.2) is 22.0 Å². The predicted octanol–water partition coefficient (Wildman–Crippen LogP) is 1.99. The van der Waals surface area contributed by atoms with Crippen molar-refractivity contribution in [1.29, 1.82) is 0 Å². The van der Waals surface area contributed by atoms with Crippen molar-refractivity contribution >= 4 is 0 Å². The minimum Gasteiger partial charge on any atom is -0.507 e. The SMILES string of the molecule is COc1ccc(C(C)NCc2ccnn2C)c(O)c1. The van der Waals surface area contributed by atoms with Gasteiger partial charge in [0.25, 0.3) is 0 Å². The molecule has 2 N–H and O–H groups in total. The number of phenols is 1. The number of ether oxygens (including phenoxy) is 1. The lowest BCUT2D eigenvalue weighted by Gasteiger charge is -2.16. The molecule has 1 unspecified atom stereocenters. The molecule has 102 valence electrons. The van der Waals surface area contributed by atoms with E-state index in [0.717, 1.165) is 11.3 Å². The van der Waals surface area contributed by atoms with Gasteiger partial charge in [-0.05, 0) is 19.1 Å². The number of benzene rings is 1. The second-order valence-electron chi connectivity index (χ2n) is 4.47. The third kappa shape index (κ3) is 3.06. The first kappa shape index (κ1) is 13.4. The number of aromatic nitrogens is 2. The maximum Gasteiger partial charge on any atom is 0.124 e. The average molecular weight is 261 g/mol. The number of nitrogens with one attached hydrogen (secondary N) is 1. The molecule has 1 aromatic heterocycles. The van der Waals surface area contributed by atoms with Crippen molar-refractivity contribution in [2.24, 2.45) is 7.05 Å². The van der Waals surface area contributed by atoms with Crippen LogP contribution >= 0.6 is 0 Å². The molecule has 1 heterocycles. The van der Waals surface area contributed by atoms with Crippen LogP contribution in [0.1, 0.15) is 24.2 Å². The fourth-order valence-electron chi connectivity index (χ4n) is 1.96. The Morgan fingerprint density at radius 3 is 2.79 bits per heavy atom. The monoisotopic (exact) mass is 261 g/mol. The predicted molar refractivity (Wildman–Crippen MR) is 73.1 cm³/mol. The fraction of sp³-hybridized carbons (Fsp3) is 0.357. The number of hydrogen-bond acceptors (Lipinski definition) is 4. The van der Waals surface area contributed by atoms with E-state index in [9.17, 15) is 5.11 Å². The molecule has 5 nitrogen and oxygen atoms in total. The summed E-state index contributed by atoms with van der Waals surface area (Å²) in [4.78, 5) is 0. The van der Waals surface area contributed by atoms with Gasteiger partial charge in [-0.15, -0.1) is 0 Å². The summed E-state index contributed by atoms with van der Waals surface area (Å²) in [5.74, 6) is 0.893. The lowest BCUT2D eigenvalue weighted by atomic mass is 10.1. The first-order valence-corrected chi connectivity index (χ1v) is 6.19. The van der Waals surface area contributed by atoms with E-state index in [1.165, 1.54) is 0 Å². The first-order chi connectivity index (χ1) is 9.11. The Bertz CT molecular complexity index is 551. The van der Waals surface area contributed by atoms with Gasteiger partial charge in [-0.3, -0.25) is 4.68 Å². The van der Waals surface area contributed by atoms with Gasteiger partial charge < -0.3 is 15.2 Å². The zero-order valence-electron chi connectivity index (χ0n) is 11.4. The summed E-state index contributed by atoms with van der Waals surface area (Å²) in [5.41, 5.74) is 1.95. The quantitative estimate of drug-likeness (QED) is 0.864. The molecule has 2 rings (SSSR count). The number of aryl methyl sites for hydroxylation is 1. The highest BCUT2D eigenvalue weighted by Crippen LogP contribution is 2.28. The highest BCUT2D eigenvalue weighted by molar-refractivity contribution is 5.41. The molecule has 2 aromatic rings. The number of rotatable bonds is 5. The van der Waals surface area contributed by atoms with E-state index in [1.54, 1.807) is 19.4 Å². The number of nitrogens with zero attached hydrogens (tertiary/aromatic N) is 2. The molecule has 0 bridgehead atoms. The molecule has 0 aliphatic rings. The summed E-state index contributed by atoms with van der Waals surface area (Å²) in [6, 6.07) is 7.35. The number of phenolic OH excluding ortho intramolecular Hbond substituents is 1. The van der Waals surface area contributed by atoms with Gasteiger partial charge in [0, 0.05) is 37.5 Å². The fourth-order valence-corrected chi connectivity index (χ4v) is 1.96. The minimum absolute atomic E-state index is 0.0424. The summed E-state index contributed by atoms with van der Waals surface area (Å²) in [7, 11) is 3.49. The van der Waals surface area contributed by atoms with E-state index >= 15 is 0 Å². The smallest absolute Gasteiger partial charge is 0.124 e. The highest BCUT2D eigenvalue weighted by atomic mass is 16.5. The molecule has 0 saturated carbocycles. The summed E-state index contributed by atoms with van der Waals surface area (Å²) in [6.45, 7) is 2.71. The second kappa shape index (κ2) is 5.75. The van der Waals surface area contributed by atoms with Crippen LogP contribution in [-0.2, 0) is 13.6 Å². The standard InChI is InChI=1S/C14H19N3O2/c1-10(15-9-11-6-7-16-17(11)2)13-5-4-12(19-3)8-14(13)18/h4-8,10,15,18H,9H2,1-3H3. The largest absolute Gasteiger partial charge is 0.507 e. The average Bonchev–Trinajstić information content (AvgIpc) is 2.81. The third-order valence-electron chi connectivity index (χ3n) is 3.22. The Labute approximate surface area is 112 Å². The molecule has 0 aliphatic heterocycles. The maximum atomic E-state index is 9.97. The van der Waals surface area contributed by atoms with Crippen LogP contribution in [0.25, 0.3) is 0 Å². The first-order valence-electron chi connectivity index (χ1n) is 6.19. The lowest BCUT2D eigenvalue weighted by Crippen LogP contribution is -2.19. The van der Waals surface area contributed by atoms with Gasteiger partial charge >= 0.3 is 0 Å². The Balaban J connectivity index is 2.03. The van der Waals surface area contributed by atoms with Gasteiger partial charge in [-0.2, -0.15) is 5.10 Å². The molecular weight excluding hydrogens is 242 g/mol. The molecule has 0 fully saturated rings. The Morgan fingerprint density at radius 2 is 2.21 bits per heavy atom. The second-order valence-corrected chi connectivity index (χ2v) is 4.47. The van der Waals surface area contributed by atoms with E-state index in [1.807, 2.05) is 36.9 Å². The van der Waals surface area contributed by atoms with Crippen LogP contribution < -0.4 is 10.1 Å². The van der Waals surface area contributed by atoms with Crippen molar-refractivity contribution in [3.63, 3.8) is 0 Å². The molecule has 1 aromatic carbocycles. The molecule has 0 spiro atoms. The van der Waals surface area contributed by atoms with Gasteiger partial charge in [0.15, 0.2) is 0 Å². The van der Waals surface area contributed by atoms with E-state index in [-0.39, 0.29) is 11.8 Å². The molecule has 1 atom stereocenters. The topological polar surface area (TPSA) is 59.3 Å². The van der Waals surface area contributed by atoms with Crippen molar-refractivity contribution in [3.05, 3.63) is 41.7 Å². The van der Waals surface area contributed by atoms with Crippen LogP contribution in [0.5, 0.6) is 11.5 Å². The highest BCUT2D eigenvalue weighted by Gasteiger charge is 2.11. The summed E-state index contributed by atoms with van der Waals surface area (Å²) in [6.07, 6.45) is 1.77. The molecule has 0 aliphatic carbocycles. The zero-order valence-corrected chi connectivity index (χ0v) is 11.4. The van der Waals surface area contributed by atoms with Crippen molar-refractivity contribution in [2.75, 3.05) is 7.11 Å². The molecule has 0 radical (unpaired) electrons.